The maximum atomic E-state index is 12.9. The first-order chi connectivity index (χ1) is 43.6. The van der Waals surface area contributed by atoms with Crippen molar-refractivity contribution in [2.75, 3.05) is 47.5 Å². The summed E-state index contributed by atoms with van der Waals surface area (Å²) >= 11 is 0. The number of unbranched alkanes of at least 4 members (excludes halogenated alkanes) is 29. The predicted molar refractivity (Wildman–Crippen MR) is 379 cm³/mol. The van der Waals surface area contributed by atoms with Gasteiger partial charge in [-0.25, -0.2) is 0 Å². The highest BCUT2D eigenvalue weighted by Crippen LogP contribution is 2.17. The lowest BCUT2D eigenvalue weighted by Gasteiger charge is -2.26. The Labute approximate surface area is 548 Å². The number of carboxylic acid groups (broad SMARTS) is 1. The zero-order chi connectivity index (χ0) is 64.7. The zero-order valence-electron chi connectivity index (χ0n) is 58.0. The molecule has 0 amide bonds. The Morgan fingerprint density at radius 1 is 0.337 bits per heavy atom. The average molecular weight is 1240 g/mol. The van der Waals surface area contributed by atoms with E-state index in [1.165, 1.54) is 141 Å². The monoisotopic (exact) mass is 1240 g/mol. The van der Waals surface area contributed by atoms with Crippen LogP contribution >= 0.6 is 0 Å². The number of carbonyl (C=O) groups excluding carboxylic acids is 3. The van der Waals surface area contributed by atoms with Crippen LogP contribution in [0, 0.1) is 0 Å². The summed E-state index contributed by atoms with van der Waals surface area (Å²) in [5.41, 5.74) is 0. The summed E-state index contributed by atoms with van der Waals surface area (Å²) in [7, 11) is 5.93. The first kappa shape index (κ1) is 84.4. The fraction of sp³-hybridized carbons (Fsp3) is 0.688. The minimum atomic E-state index is -1.63. The third-order valence-corrected chi connectivity index (χ3v) is 15.4. The van der Waals surface area contributed by atoms with Crippen molar-refractivity contribution in [3.05, 3.63) is 134 Å². The number of carbonyl (C=O) groups is 3. The van der Waals surface area contributed by atoms with Crippen molar-refractivity contribution < 1.29 is 42.9 Å². The summed E-state index contributed by atoms with van der Waals surface area (Å²) in [6.07, 6.45) is 96.8. The normalized spacial score (nSPS) is 13.5. The lowest BCUT2D eigenvalue weighted by molar-refractivity contribution is -0.870. The maximum absolute atomic E-state index is 12.9. The molecule has 9 nitrogen and oxygen atoms in total. The van der Waals surface area contributed by atoms with E-state index in [9.17, 15) is 19.5 Å². The molecular formula is C80H135NO8. The zero-order valence-corrected chi connectivity index (χ0v) is 58.0. The lowest BCUT2D eigenvalue weighted by Crippen LogP contribution is -2.44. The number of likely N-dealkylation sites (N-methyl/N-ethyl adjacent to an activating group) is 1. The molecule has 508 valence electrons. The topological polar surface area (TPSA) is 111 Å². The van der Waals surface area contributed by atoms with Gasteiger partial charge in [0.1, 0.15) is 13.2 Å². The SMILES string of the molecule is CC/C=C\C/C=C\C/C=C\C/C=C\C/C=C\C/C=C\CCCCCCCCCCCCCCCCCCCCCCC(=O)OC(COC(=O)CCCCCCCCCCC/C=C\C/C=C\C/C=C\C/C=C\C/C=C\CC)COC(OCC[N+](C)(C)C)C(=O)[O-]. The van der Waals surface area contributed by atoms with E-state index in [-0.39, 0.29) is 38.6 Å². The molecule has 0 fully saturated rings. The van der Waals surface area contributed by atoms with E-state index in [2.05, 4.69) is 148 Å². The molecule has 0 spiro atoms. The summed E-state index contributed by atoms with van der Waals surface area (Å²) in [6, 6.07) is 0. The minimum absolute atomic E-state index is 0.142. The molecule has 0 rings (SSSR count). The van der Waals surface area contributed by atoms with E-state index in [0.29, 0.717) is 17.4 Å². The first-order valence-electron chi connectivity index (χ1n) is 36.3. The molecule has 0 radical (unpaired) electrons. The van der Waals surface area contributed by atoms with Gasteiger partial charge in [0.25, 0.3) is 0 Å². The highest BCUT2D eigenvalue weighted by Gasteiger charge is 2.22. The molecule has 0 saturated carbocycles. The van der Waals surface area contributed by atoms with E-state index in [1.54, 1.807) is 0 Å². The highest BCUT2D eigenvalue weighted by molar-refractivity contribution is 5.70. The third kappa shape index (κ3) is 70.7. The highest BCUT2D eigenvalue weighted by atomic mass is 16.7. The molecule has 0 aliphatic rings. The van der Waals surface area contributed by atoms with Gasteiger partial charge in [0.15, 0.2) is 12.4 Å². The molecule has 2 unspecified atom stereocenters. The number of quaternary nitrogens is 1. The number of rotatable bonds is 66. The van der Waals surface area contributed by atoms with E-state index >= 15 is 0 Å². The second-order valence-corrected chi connectivity index (χ2v) is 25.1. The number of aliphatic carboxylic acids is 1. The molecule has 0 aliphatic carbocycles. The van der Waals surface area contributed by atoms with Gasteiger partial charge < -0.3 is 33.3 Å². The van der Waals surface area contributed by atoms with Crippen molar-refractivity contribution in [1.82, 2.24) is 0 Å². The number of esters is 2. The number of hydrogen-bond donors (Lipinski definition) is 0. The van der Waals surface area contributed by atoms with Crippen LogP contribution in [0.25, 0.3) is 0 Å². The van der Waals surface area contributed by atoms with Gasteiger partial charge in [0.2, 0.25) is 0 Å². The van der Waals surface area contributed by atoms with Gasteiger partial charge in [-0.3, -0.25) is 9.59 Å². The maximum Gasteiger partial charge on any atom is 0.306 e. The summed E-state index contributed by atoms with van der Waals surface area (Å²) < 4.78 is 22.8. The molecule has 89 heavy (non-hydrogen) atoms. The Kier molecular flexibility index (Phi) is 65.8. The molecule has 0 heterocycles. The van der Waals surface area contributed by atoms with Crippen LogP contribution in [0.3, 0.4) is 0 Å². The van der Waals surface area contributed by atoms with Crippen LogP contribution in [0.5, 0.6) is 0 Å². The van der Waals surface area contributed by atoms with Gasteiger partial charge in [-0.2, -0.15) is 0 Å². The second kappa shape index (κ2) is 69.3. The molecule has 0 aliphatic heterocycles. The number of allylic oxidation sites excluding steroid dienone is 22. The predicted octanol–water partition coefficient (Wildman–Crippen LogP) is 21.6. The molecule has 0 N–H and O–H groups in total. The van der Waals surface area contributed by atoms with Gasteiger partial charge in [0, 0.05) is 12.8 Å². The molecule has 0 aromatic carbocycles. The standard InChI is InChI=1S/C80H135NO8/c1-6-8-10-12-14-16-18-20-22-24-26-28-30-32-33-34-35-36-37-38-39-40-41-42-43-44-45-47-49-51-53-55-57-59-61-63-65-67-69-71-78(83)89-76(75-88-80(79(84)85)86-73-72-81(3,4)5)74-87-77(82)70-68-66-64-62-60-58-56-54-52-50-48-46-31-29-27-25-23-21-19-17-15-13-11-9-7-2/h8-11,14-17,20-23,26-29,32-33,35-36,46,48,76,80H,6-7,12-13,18-19,24-25,30-31,34,37-45,47,49-75H2,1-5H3/b10-8-,11-9-,16-14-,17-15-,22-20-,23-21-,28-26-,29-27-,33-32-,36-35-,48-46-. The Bertz CT molecular complexity index is 1930. The molecule has 9 heteroatoms. The summed E-state index contributed by atoms with van der Waals surface area (Å²) in [5, 5.41) is 11.8. The third-order valence-electron chi connectivity index (χ3n) is 15.4. The van der Waals surface area contributed by atoms with Crippen molar-refractivity contribution >= 4 is 17.9 Å². The van der Waals surface area contributed by atoms with Gasteiger partial charge >= 0.3 is 11.9 Å². The number of ether oxygens (including phenoxy) is 4. The number of nitrogens with zero attached hydrogens (tertiary/aromatic N) is 1. The van der Waals surface area contributed by atoms with Gasteiger partial charge in [0.05, 0.1) is 40.3 Å². The molecule has 2 atom stereocenters. The van der Waals surface area contributed by atoms with Crippen molar-refractivity contribution in [3.63, 3.8) is 0 Å². The molecule has 0 bridgehead atoms. The molecule has 0 aromatic heterocycles. The van der Waals surface area contributed by atoms with E-state index in [1.807, 2.05) is 21.1 Å². The lowest BCUT2D eigenvalue weighted by atomic mass is 10.0. The van der Waals surface area contributed by atoms with Crippen molar-refractivity contribution in [2.24, 2.45) is 0 Å². The van der Waals surface area contributed by atoms with E-state index in [4.69, 9.17) is 18.9 Å². The molecule has 0 saturated heterocycles. The largest absolute Gasteiger partial charge is 0.545 e. The van der Waals surface area contributed by atoms with Crippen molar-refractivity contribution in [3.8, 4) is 0 Å². The van der Waals surface area contributed by atoms with E-state index in [0.717, 1.165) is 122 Å². The van der Waals surface area contributed by atoms with Gasteiger partial charge in [-0.1, -0.05) is 308 Å². The van der Waals surface area contributed by atoms with Crippen LogP contribution in [0.1, 0.15) is 296 Å². The van der Waals surface area contributed by atoms with Crippen LogP contribution in [0.4, 0.5) is 0 Å². The second-order valence-electron chi connectivity index (χ2n) is 25.1. The Hall–Kier alpha value is -4.57. The fourth-order valence-corrected chi connectivity index (χ4v) is 9.92. The summed E-state index contributed by atoms with van der Waals surface area (Å²) in [6.45, 7) is 4.53. The van der Waals surface area contributed by atoms with Crippen LogP contribution in [0.15, 0.2) is 134 Å². The van der Waals surface area contributed by atoms with Gasteiger partial charge in [-0.05, 0) is 109 Å². The first-order valence-corrected chi connectivity index (χ1v) is 36.3. The van der Waals surface area contributed by atoms with Crippen molar-refractivity contribution in [2.45, 2.75) is 309 Å². The smallest absolute Gasteiger partial charge is 0.306 e. The van der Waals surface area contributed by atoms with Gasteiger partial charge in [-0.15, -0.1) is 0 Å². The number of hydrogen-bond acceptors (Lipinski definition) is 8. The van der Waals surface area contributed by atoms with E-state index < -0.39 is 24.3 Å². The number of carboxylic acids is 1. The van der Waals surface area contributed by atoms with Crippen LogP contribution in [0.2, 0.25) is 0 Å². The fourth-order valence-electron chi connectivity index (χ4n) is 9.92. The molecular weight excluding hydrogens is 1100 g/mol. The van der Waals surface area contributed by atoms with Crippen LogP contribution < -0.4 is 5.11 Å². The minimum Gasteiger partial charge on any atom is -0.545 e. The van der Waals surface area contributed by atoms with Crippen molar-refractivity contribution in [1.29, 1.82) is 0 Å². The Morgan fingerprint density at radius 3 is 0.899 bits per heavy atom. The average Bonchev–Trinajstić information content (AvgIpc) is 3.64. The molecule has 0 aromatic rings. The summed E-state index contributed by atoms with van der Waals surface area (Å²) in [5.74, 6) is -2.29. The van der Waals surface area contributed by atoms with Crippen LogP contribution in [-0.4, -0.2) is 82.3 Å². The quantitative estimate of drug-likeness (QED) is 0.0195. The Morgan fingerprint density at radius 2 is 0.607 bits per heavy atom. The summed E-state index contributed by atoms with van der Waals surface area (Å²) in [4.78, 5) is 37.5. The Balaban J connectivity index is 4.07. The van der Waals surface area contributed by atoms with Crippen LogP contribution in [-0.2, 0) is 33.3 Å².